The zero-order chi connectivity index (χ0) is 52.5. The molecule has 2 saturated heterocycles. The molecular formula is C53H68ClN10O7PS. The van der Waals surface area contributed by atoms with E-state index in [1.807, 2.05) is 99.9 Å². The predicted octanol–water partition coefficient (Wildman–Crippen LogP) is 8.15. The molecule has 5 aromatic rings. The van der Waals surface area contributed by atoms with Crippen LogP contribution in [0.2, 0.25) is 5.02 Å². The third kappa shape index (κ3) is 14.6. The topological polar surface area (TPSA) is 220 Å². The highest BCUT2D eigenvalue weighted by Gasteiger charge is 2.44. The number of hydrogen-bond donors (Lipinski definition) is 6. The summed E-state index contributed by atoms with van der Waals surface area (Å²) in [6.45, 7) is 12.7. The molecule has 2 aromatic heterocycles. The first-order valence-corrected chi connectivity index (χ1v) is 28.6. The first-order valence-electron chi connectivity index (χ1n) is 24.8. The zero-order valence-electron chi connectivity index (χ0n) is 42.7. The van der Waals surface area contributed by atoms with Gasteiger partial charge in [0.1, 0.15) is 30.0 Å². The summed E-state index contributed by atoms with van der Waals surface area (Å²) in [7, 11) is -0.979. The molecule has 4 heterocycles. The van der Waals surface area contributed by atoms with Crippen LogP contribution < -0.4 is 41.5 Å². The van der Waals surface area contributed by atoms with Gasteiger partial charge in [-0.05, 0) is 86.7 Å². The van der Waals surface area contributed by atoms with E-state index in [9.17, 15) is 28.8 Å². The lowest BCUT2D eigenvalue weighted by atomic mass is 9.85. The number of aromatic nitrogens is 3. The molecule has 20 heteroatoms. The molecule has 0 radical (unpaired) electrons. The minimum atomic E-state index is -2.58. The fourth-order valence-corrected chi connectivity index (χ4v) is 11.2. The Kier molecular flexibility index (Phi) is 18.2. The molecule has 2 aliphatic heterocycles. The number of halogens is 1. The van der Waals surface area contributed by atoms with Crippen LogP contribution in [-0.4, -0.2) is 113 Å². The Bertz CT molecular complexity index is 2790. The van der Waals surface area contributed by atoms with Gasteiger partial charge >= 0.3 is 0 Å². The molecule has 3 atom stereocenters. The van der Waals surface area contributed by atoms with Gasteiger partial charge in [-0.3, -0.25) is 19.2 Å². The molecule has 2 fully saturated rings. The van der Waals surface area contributed by atoms with Crippen molar-refractivity contribution in [3.63, 3.8) is 0 Å². The summed E-state index contributed by atoms with van der Waals surface area (Å²) in [6.07, 6.45) is 4.63. The van der Waals surface area contributed by atoms with Crippen molar-refractivity contribution in [2.75, 3.05) is 55.6 Å². The number of amides is 4. The van der Waals surface area contributed by atoms with E-state index in [-0.39, 0.29) is 49.7 Å². The molecule has 0 aliphatic carbocycles. The number of ether oxygens (including phenoxy) is 1. The minimum absolute atomic E-state index is 0.00289. The van der Waals surface area contributed by atoms with Crippen LogP contribution in [0.25, 0.3) is 10.4 Å². The highest BCUT2D eigenvalue weighted by molar-refractivity contribution is 7.70. The normalized spacial score (nSPS) is 16.7. The van der Waals surface area contributed by atoms with Crippen LogP contribution in [0, 0.1) is 12.3 Å². The molecule has 3 unspecified atom stereocenters. The number of likely N-dealkylation sites (tertiary alicyclic amines) is 1. The van der Waals surface area contributed by atoms with Crippen LogP contribution in [0.1, 0.15) is 83.4 Å². The maximum Gasteiger partial charge on any atom is 0.246 e. The Morgan fingerprint density at radius 3 is 2.32 bits per heavy atom. The zero-order valence-corrected chi connectivity index (χ0v) is 45.1. The number of anilines is 5. The summed E-state index contributed by atoms with van der Waals surface area (Å²) in [6, 6.07) is 19.4. The van der Waals surface area contributed by atoms with E-state index in [0.717, 1.165) is 53.3 Å². The van der Waals surface area contributed by atoms with Crippen molar-refractivity contribution in [1.29, 1.82) is 0 Å². The Balaban J connectivity index is 0.818. The fraction of sp³-hybridized carbons (Fsp3) is 0.453. The number of nitrogens with one attached hydrogen (secondary N) is 5. The van der Waals surface area contributed by atoms with E-state index in [2.05, 4.69) is 46.4 Å². The largest absolute Gasteiger partial charge is 0.494 e. The van der Waals surface area contributed by atoms with Gasteiger partial charge in [-0.25, -0.2) is 9.97 Å². The lowest BCUT2D eigenvalue weighted by Crippen LogP contribution is -2.57. The molecule has 0 spiro atoms. The van der Waals surface area contributed by atoms with Gasteiger partial charge in [-0.2, -0.15) is 4.98 Å². The third-order valence-corrected chi connectivity index (χ3v) is 16.0. The van der Waals surface area contributed by atoms with E-state index in [4.69, 9.17) is 16.3 Å². The second kappa shape index (κ2) is 24.3. The Morgan fingerprint density at radius 1 is 0.932 bits per heavy atom. The summed E-state index contributed by atoms with van der Waals surface area (Å²) in [5.74, 6) is 0.184. The van der Waals surface area contributed by atoms with Crippen LogP contribution in [0.3, 0.4) is 0 Å². The van der Waals surface area contributed by atoms with Gasteiger partial charge in [0.2, 0.25) is 29.6 Å². The average molecular weight is 1060 g/mol. The number of aliphatic hydroxyl groups is 1. The van der Waals surface area contributed by atoms with Crippen LogP contribution >= 0.6 is 30.1 Å². The second-order valence-electron chi connectivity index (χ2n) is 20.2. The number of rotatable bonds is 20. The Hall–Kier alpha value is -6.07. The second-order valence-corrected chi connectivity index (χ2v) is 24.7. The molecule has 6 N–H and O–H groups in total. The Morgan fingerprint density at radius 2 is 1.64 bits per heavy atom. The van der Waals surface area contributed by atoms with Crippen molar-refractivity contribution in [2.24, 2.45) is 5.41 Å². The van der Waals surface area contributed by atoms with Crippen molar-refractivity contribution in [3.8, 4) is 16.2 Å². The molecule has 4 amide bonds. The number of aliphatic hydroxyl groups excluding tert-OH is 1. The minimum Gasteiger partial charge on any atom is -0.494 e. The van der Waals surface area contributed by atoms with Gasteiger partial charge in [-0.1, -0.05) is 75.2 Å². The highest BCUT2D eigenvalue weighted by Crippen LogP contribution is 2.39. The van der Waals surface area contributed by atoms with Gasteiger partial charge in [-0.15, -0.1) is 11.3 Å². The van der Waals surface area contributed by atoms with Crippen LogP contribution in [0.15, 0.2) is 78.4 Å². The molecule has 2 aliphatic rings. The number of benzene rings is 3. The number of β-amino-alcohol motifs (C(OH)–C–C–N with tert-alkyl or cyclic N) is 1. The lowest BCUT2D eigenvalue weighted by Gasteiger charge is -2.35. The number of hydrogen-bond acceptors (Lipinski definition) is 14. The number of carbonyl (C=O) groups is 4. The maximum absolute atomic E-state index is 14.1. The summed E-state index contributed by atoms with van der Waals surface area (Å²) >= 11 is 8.05. The number of thiazole rings is 1. The smallest absolute Gasteiger partial charge is 0.246 e. The van der Waals surface area contributed by atoms with Gasteiger partial charge in [0.15, 0.2) is 5.82 Å². The fourth-order valence-electron chi connectivity index (χ4n) is 9.14. The van der Waals surface area contributed by atoms with Gasteiger partial charge < -0.3 is 50.8 Å². The molecule has 3 aromatic carbocycles. The van der Waals surface area contributed by atoms with E-state index in [1.54, 1.807) is 31.8 Å². The number of para-hydroxylation sites is 1. The summed E-state index contributed by atoms with van der Waals surface area (Å²) in [4.78, 5) is 71.9. The van der Waals surface area contributed by atoms with Crippen molar-refractivity contribution < 1.29 is 33.6 Å². The van der Waals surface area contributed by atoms with Crippen molar-refractivity contribution in [2.45, 2.75) is 110 Å². The monoisotopic (exact) mass is 1050 g/mol. The van der Waals surface area contributed by atoms with Gasteiger partial charge in [0.05, 0.1) is 46.9 Å². The number of nitrogens with zero attached hydrogens (tertiary/aromatic N) is 5. The number of piperidine rings is 1. The summed E-state index contributed by atoms with van der Waals surface area (Å²) in [5.41, 5.74) is 6.35. The van der Waals surface area contributed by atoms with Crippen LogP contribution in [-0.2, 0) is 30.3 Å². The van der Waals surface area contributed by atoms with E-state index in [1.165, 1.54) is 11.1 Å². The lowest BCUT2D eigenvalue weighted by molar-refractivity contribution is -0.144. The number of unbranched alkanes of at least 4 members (excludes halogenated alkanes) is 2. The first kappa shape index (κ1) is 54.7. The maximum atomic E-state index is 14.1. The predicted molar refractivity (Wildman–Crippen MR) is 290 cm³/mol. The molecule has 0 saturated carbocycles. The first-order chi connectivity index (χ1) is 34.8. The molecular weight excluding hydrogens is 987 g/mol. The highest BCUT2D eigenvalue weighted by atomic mass is 35.5. The number of methoxy groups -OCH3 is 1. The van der Waals surface area contributed by atoms with Crippen molar-refractivity contribution in [3.05, 3.63) is 94.7 Å². The van der Waals surface area contributed by atoms with E-state index < -0.39 is 36.7 Å². The van der Waals surface area contributed by atoms with Crippen LogP contribution in [0.4, 0.5) is 28.8 Å². The molecule has 390 valence electrons. The van der Waals surface area contributed by atoms with Crippen molar-refractivity contribution >= 4 is 87.8 Å². The van der Waals surface area contributed by atoms with Gasteiger partial charge in [0.25, 0.3) is 0 Å². The van der Waals surface area contributed by atoms with Gasteiger partial charge in [0, 0.05) is 68.5 Å². The number of aryl methyl sites for hydroxylation is 1. The summed E-state index contributed by atoms with van der Waals surface area (Å²) in [5, 5.41) is 27.1. The molecule has 0 bridgehead atoms. The Labute approximate surface area is 437 Å². The third-order valence-electron chi connectivity index (χ3n) is 13.2. The van der Waals surface area contributed by atoms with E-state index >= 15 is 0 Å². The average Bonchev–Trinajstić information content (AvgIpc) is 3.98. The number of carbonyl (C=O) groups excluding carboxylic acids is 4. The van der Waals surface area contributed by atoms with Crippen LogP contribution in [0.5, 0.6) is 5.75 Å². The van der Waals surface area contributed by atoms with Crippen molar-refractivity contribution in [1.82, 2.24) is 35.8 Å². The summed E-state index contributed by atoms with van der Waals surface area (Å²) < 4.78 is 18.7. The standard InChI is InChI=1S/C53H68ClN10O7PS/c1-33-47(73-32-57-33)35-19-17-34(18-20-35)29-55-50(68)42-28-38(65)31-64(42)51(69)48(53(2,3)4)61-46(67)16-10-8-9-15-45(66)58-36-23-25-63(26-24-36)37-21-22-40(43(27-37)71-5)60-52-56-30-39(54)49(62-52)59-41-13-11-12-14-44(41)72(6,7)70/h11-14,17-22,27,30,32,36,38,42,48,65H,8-10,15-16,23-26,28-29,31H2,1-7H3,(H,55,68)(H,58,66)(H,61,67)(H2,56,59,60,62). The van der Waals surface area contributed by atoms with E-state index in [0.29, 0.717) is 64.9 Å². The molecule has 17 nitrogen and oxygen atoms in total. The molecule has 7 rings (SSSR count). The SMILES string of the molecule is COc1cc(N2CCC(NC(=O)CCCCCC(=O)NC(C(=O)N3CC(O)CC3C(=O)NCc3ccc(-c4scnc4C)cc3)C(C)(C)C)CC2)ccc1Nc1ncc(Cl)c(Nc2ccccc2P(C)(C)=O)n1. The molecule has 73 heavy (non-hydrogen) atoms. The quantitative estimate of drug-likeness (QED) is 0.0321.